The highest BCUT2D eigenvalue weighted by molar-refractivity contribution is 7.22. The van der Waals surface area contributed by atoms with Crippen molar-refractivity contribution in [3.63, 3.8) is 0 Å². The van der Waals surface area contributed by atoms with Gasteiger partial charge in [0.15, 0.2) is 0 Å². The van der Waals surface area contributed by atoms with E-state index in [2.05, 4.69) is 11.4 Å². The number of nitrogens with one attached hydrogen (secondary N) is 1. The summed E-state index contributed by atoms with van der Waals surface area (Å²) < 4.78 is 1.14. The van der Waals surface area contributed by atoms with Crippen molar-refractivity contribution in [3.05, 3.63) is 34.7 Å². The number of fused-ring (bicyclic) bond motifs is 2. The van der Waals surface area contributed by atoms with E-state index in [-0.39, 0.29) is 11.8 Å². The maximum absolute atomic E-state index is 12.0. The molecule has 0 saturated heterocycles. The Morgan fingerprint density at radius 1 is 1.27 bits per heavy atom. The monoisotopic (exact) mass is 385 g/mol. The average Bonchev–Trinajstić information content (AvgIpc) is 3.20. The zero-order valence-corrected chi connectivity index (χ0v) is 16.3. The Morgan fingerprint density at radius 3 is 2.81 bits per heavy atom. The molecule has 0 bridgehead atoms. The van der Waals surface area contributed by atoms with Crippen molar-refractivity contribution in [1.29, 1.82) is 0 Å². The molecule has 1 aliphatic rings. The molecule has 1 N–H and O–H groups in total. The Bertz CT molecular complexity index is 973. The quantitative estimate of drug-likeness (QED) is 0.732. The van der Waals surface area contributed by atoms with E-state index in [4.69, 9.17) is 4.98 Å². The molecule has 26 heavy (non-hydrogen) atoms. The summed E-state index contributed by atoms with van der Waals surface area (Å²) in [5.41, 5.74) is 3.23. The molecule has 2 amide bonds. The van der Waals surface area contributed by atoms with Crippen LogP contribution in [0.25, 0.3) is 20.8 Å². The van der Waals surface area contributed by atoms with Crippen LogP contribution in [0.3, 0.4) is 0 Å². The first-order valence-corrected chi connectivity index (χ1v) is 10.3. The van der Waals surface area contributed by atoms with Crippen LogP contribution < -0.4 is 5.32 Å². The lowest BCUT2D eigenvalue weighted by Gasteiger charge is -2.25. The molecule has 7 heteroatoms. The molecular formula is C19H19N3O2S2. The predicted octanol–water partition coefficient (Wildman–Crippen LogP) is 4.28. The summed E-state index contributed by atoms with van der Waals surface area (Å²) in [4.78, 5) is 31.6. The zero-order valence-electron chi connectivity index (χ0n) is 14.7. The van der Waals surface area contributed by atoms with Gasteiger partial charge in [0.2, 0.25) is 11.8 Å². The van der Waals surface area contributed by atoms with Gasteiger partial charge in [-0.3, -0.25) is 9.59 Å². The molecule has 3 heterocycles. The number of thiazole rings is 1. The predicted molar refractivity (Wildman–Crippen MR) is 107 cm³/mol. The highest BCUT2D eigenvalue weighted by Gasteiger charge is 2.28. The number of aromatic nitrogens is 1. The Balaban J connectivity index is 1.83. The van der Waals surface area contributed by atoms with E-state index >= 15 is 0 Å². The fourth-order valence-electron chi connectivity index (χ4n) is 3.18. The number of amides is 2. The van der Waals surface area contributed by atoms with Crippen LogP contribution >= 0.6 is 22.7 Å². The molecule has 3 aromatic rings. The third kappa shape index (κ3) is 3.01. The van der Waals surface area contributed by atoms with Crippen LogP contribution in [-0.4, -0.2) is 28.2 Å². The number of nitrogens with zero attached hydrogens (tertiary/aromatic N) is 2. The first-order valence-electron chi connectivity index (χ1n) is 8.62. The highest BCUT2D eigenvalue weighted by atomic mass is 32.1. The van der Waals surface area contributed by atoms with Crippen LogP contribution in [0.5, 0.6) is 0 Å². The number of thiophene rings is 1. The number of hydrogen-bond acceptors (Lipinski definition) is 5. The molecule has 0 saturated carbocycles. The molecule has 0 unspecified atom stereocenters. The summed E-state index contributed by atoms with van der Waals surface area (Å²) in [6.07, 6.45) is 1.22. The van der Waals surface area contributed by atoms with E-state index in [1.807, 2.05) is 30.0 Å². The number of benzene rings is 1. The number of anilines is 1. The number of para-hydroxylation sites is 1. The van der Waals surface area contributed by atoms with Gasteiger partial charge in [-0.2, -0.15) is 0 Å². The van der Waals surface area contributed by atoms with Crippen molar-refractivity contribution >= 4 is 49.7 Å². The van der Waals surface area contributed by atoms with E-state index in [9.17, 15) is 9.59 Å². The number of carbonyl (C=O) groups is 2. The maximum atomic E-state index is 12.0. The Kier molecular flexibility index (Phi) is 4.50. The third-order valence-corrected chi connectivity index (χ3v) is 6.77. The van der Waals surface area contributed by atoms with Crippen molar-refractivity contribution < 1.29 is 9.59 Å². The van der Waals surface area contributed by atoms with Crippen molar-refractivity contribution in [1.82, 2.24) is 9.88 Å². The van der Waals surface area contributed by atoms with Gasteiger partial charge < -0.3 is 10.2 Å². The van der Waals surface area contributed by atoms with Gasteiger partial charge in [0.25, 0.3) is 0 Å². The SMILES string of the molecule is CCC(=O)Nc1sc2c(c1-c1nc3ccccc3s1)CCN(C(C)=O)C2. The summed E-state index contributed by atoms with van der Waals surface area (Å²) >= 11 is 3.22. The Labute approximate surface area is 159 Å². The molecule has 0 spiro atoms. The van der Waals surface area contributed by atoms with E-state index < -0.39 is 0 Å². The highest BCUT2D eigenvalue weighted by Crippen LogP contribution is 2.45. The Hall–Kier alpha value is -2.25. The van der Waals surface area contributed by atoms with Gasteiger partial charge in [-0.15, -0.1) is 22.7 Å². The lowest BCUT2D eigenvalue weighted by molar-refractivity contribution is -0.129. The third-order valence-electron chi connectivity index (χ3n) is 4.58. The molecule has 134 valence electrons. The van der Waals surface area contributed by atoms with Gasteiger partial charge >= 0.3 is 0 Å². The standard InChI is InChI=1S/C19H19N3O2S2/c1-3-16(24)21-19-17(18-20-13-6-4-5-7-14(13)25-18)12-8-9-22(11(2)23)10-15(12)26-19/h4-7H,3,8-10H2,1-2H3,(H,21,24). The molecule has 5 nitrogen and oxygen atoms in total. The van der Waals surface area contributed by atoms with Gasteiger partial charge in [0.1, 0.15) is 10.0 Å². The minimum absolute atomic E-state index is 0.00520. The average molecular weight is 386 g/mol. The number of carbonyl (C=O) groups excluding carboxylic acids is 2. The summed E-state index contributed by atoms with van der Waals surface area (Å²) in [7, 11) is 0. The molecule has 4 rings (SSSR count). The minimum atomic E-state index is -0.00520. The lowest BCUT2D eigenvalue weighted by atomic mass is 10.0. The fraction of sp³-hybridized carbons (Fsp3) is 0.316. The van der Waals surface area contributed by atoms with Crippen molar-refractivity contribution in [2.45, 2.75) is 33.2 Å². The van der Waals surface area contributed by atoms with Crippen LogP contribution in [-0.2, 0) is 22.6 Å². The van der Waals surface area contributed by atoms with Crippen LogP contribution in [0, 0.1) is 0 Å². The molecule has 0 atom stereocenters. The molecule has 2 aromatic heterocycles. The first kappa shape index (κ1) is 17.2. The second-order valence-electron chi connectivity index (χ2n) is 6.29. The van der Waals surface area contributed by atoms with Gasteiger partial charge in [0, 0.05) is 30.3 Å². The van der Waals surface area contributed by atoms with E-state index in [1.165, 1.54) is 5.56 Å². The summed E-state index contributed by atoms with van der Waals surface area (Å²) in [5, 5.41) is 4.84. The summed E-state index contributed by atoms with van der Waals surface area (Å²) in [5.74, 6) is 0.0825. The van der Waals surface area contributed by atoms with E-state index in [1.54, 1.807) is 29.6 Å². The summed E-state index contributed by atoms with van der Waals surface area (Å²) in [6.45, 7) is 4.76. The van der Waals surface area contributed by atoms with Gasteiger partial charge in [0.05, 0.1) is 16.8 Å². The van der Waals surface area contributed by atoms with Crippen LogP contribution in [0.2, 0.25) is 0 Å². The zero-order chi connectivity index (χ0) is 18.3. The normalized spacial score (nSPS) is 13.7. The second kappa shape index (κ2) is 6.81. The van der Waals surface area contributed by atoms with E-state index in [0.717, 1.165) is 37.1 Å². The van der Waals surface area contributed by atoms with Gasteiger partial charge in [-0.1, -0.05) is 19.1 Å². The number of rotatable bonds is 3. The first-order chi connectivity index (χ1) is 12.6. The lowest BCUT2D eigenvalue weighted by Crippen LogP contribution is -2.33. The number of hydrogen-bond donors (Lipinski definition) is 1. The van der Waals surface area contributed by atoms with Crippen LogP contribution in [0.15, 0.2) is 24.3 Å². The molecule has 1 aliphatic heterocycles. The molecule has 0 fully saturated rings. The molecular weight excluding hydrogens is 366 g/mol. The minimum Gasteiger partial charge on any atom is -0.337 e. The topological polar surface area (TPSA) is 62.3 Å². The van der Waals surface area contributed by atoms with Gasteiger partial charge in [-0.05, 0) is 24.1 Å². The van der Waals surface area contributed by atoms with Crippen LogP contribution in [0.4, 0.5) is 5.00 Å². The van der Waals surface area contributed by atoms with Gasteiger partial charge in [-0.25, -0.2) is 4.98 Å². The van der Waals surface area contributed by atoms with Crippen molar-refractivity contribution in [3.8, 4) is 10.6 Å². The molecule has 0 radical (unpaired) electrons. The molecule has 0 aliphatic carbocycles. The Morgan fingerprint density at radius 2 is 2.08 bits per heavy atom. The summed E-state index contributed by atoms with van der Waals surface area (Å²) in [6, 6.07) is 8.07. The second-order valence-corrected chi connectivity index (χ2v) is 8.42. The smallest absolute Gasteiger partial charge is 0.224 e. The van der Waals surface area contributed by atoms with Crippen molar-refractivity contribution in [2.75, 3.05) is 11.9 Å². The molecule has 1 aromatic carbocycles. The van der Waals surface area contributed by atoms with Crippen LogP contribution in [0.1, 0.15) is 30.7 Å². The van der Waals surface area contributed by atoms with Crippen molar-refractivity contribution in [2.24, 2.45) is 0 Å². The van der Waals surface area contributed by atoms with E-state index in [0.29, 0.717) is 19.5 Å². The maximum Gasteiger partial charge on any atom is 0.224 e. The largest absolute Gasteiger partial charge is 0.337 e. The fourth-order valence-corrected chi connectivity index (χ4v) is 5.57.